The average Bonchev–Trinajstić information content (AvgIpc) is 2.48. The Morgan fingerprint density at radius 1 is 1.10 bits per heavy atom. The van der Waals surface area contributed by atoms with Gasteiger partial charge in [-0.2, -0.15) is 9.97 Å². The van der Waals surface area contributed by atoms with Gasteiger partial charge in [-0.25, -0.2) is 0 Å². The van der Waals surface area contributed by atoms with Crippen LogP contribution in [0.5, 0.6) is 12.0 Å². The van der Waals surface area contributed by atoms with Gasteiger partial charge in [-0.05, 0) is 37.5 Å². The van der Waals surface area contributed by atoms with E-state index in [-0.39, 0.29) is 6.10 Å². The SMILES string of the molecule is CCCOc1nc(NC)nc(OC2CCC(C)C(C)C2)n1. The van der Waals surface area contributed by atoms with Gasteiger partial charge in [-0.3, -0.25) is 0 Å². The molecule has 1 aromatic heterocycles. The largest absolute Gasteiger partial charge is 0.463 e. The number of hydrogen-bond donors (Lipinski definition) is 1. The number of ether oxygens (including phenoxy) is 2. The van der Waals surface area contributed by atoms with Crippen molar-refractivity contribution in [3.8, 4) is 12.0 Å². The fourth-order valence-electron chi connectivity index (χ4n) is 2.51. The van der Waals surface area contributed by atoms with Gasteiger partial charge in [-0.1, -0.05) is 20.8 Å². The summed E-state index contributed by atoms with van der Waals surface area (Å²) in [5.41, 5.74) is 0. The van der Waals surface area contributed by atoms with Gasteiger partial charge in [0.2, 0.25) is 5.95 Å². The van der Waals surface area contributed by atoms with E-state index in [1.165, 1.54) is 6.42 Å². The molecular formula is C15H26N4O2. The predicted molar refractivity (Wildman–Crippen MR) is 81.8 cm³/mol. The van der Waals surface area contributed by atoms with Gasteiger partial charge in [0.05, 0.1) is 6.61 Å². The third-order valence-corrected chi connectivity index (χ3v) is 4.08. The predicted octanol–water partition coefficient (Wildman–Crippen LogP) is 2.91. The van der Waals surface area contributed by atoms with Crippen LogP contribution in [0.3, 0.4) is 0 Å². The second-order valence-corrected chi connectivity index (χ2v) is 5.83. The van der Waals surface area contributed by atoms with E-state index in [1.54, 1.807) is 7.05 Å². The standard InChI is InChI=1S/C15H26N4O2/c1-5-8-20-14-17-13(16-4)18-15(19-14)21-12-7-6-10(2)11(3)9-12/h10-12H,5-9H2,1-4H3,(H,16,17,18,19). The van der Waals surface area contributed by atoms with Crippen LogP contribution >= 0.6 is 0 Å². The molecule has 0 spiro atoms. The summed E-state index contributed by atoms with van der Waals surface area (Å²) in [5.74, 6) is 1.91. The highest BCUT2D eigenvalue weighted by Gasteiger charge is 2.26. The van der Waals surface area contributed by atoms with Gasteiger partial charge in [0.25, 0.3) is 0 Å². The van der Waals surface area contributed by atoms with E-state index in [0.29, 0.717) is 30.5 Å². The first-order valence-corrected chi connectivity index (χ1v) is 7.85. The van der Waals surface area contributed by atoms with E-state index in [9.17, 15) is 0 Å². The minimum Gasteiger partial charge on any atom is -0.463 e. The fraction of sp³-hybridized carbons (Fsp3) is 0.800. The molecule has 0 aliphatic heterocycles. The van der Waals surface area contributed by atoms with Crippen molar-refractivity contribution in [1.29, 1.82) is 0 Å². The van der Waals surface area contributed by atoms with E-state index in [2.05, 4.69) is 34.1 Å². The molecule has 1 saturated carbocycles. The van der Waals surface area contributed by atoms with Crippen molar-refractivity contribution in [3.63, 3.8) is 0 Å². The number of nitrogens with zero attached hydrogens (tertiary/aromatic N) is 3. The number of nitrogens with one attached hydrogen (secondary N) is 1. The molecule has 1 aliphatic carbocycles. The molecule has 118 valence electrons. The Morgan fingerprint density at radius 3 is 2.52 bits per heavy atom. The van der Waals surface area contributed by atoms with Crippen molar-refractivity contribution >= 4 is 5.95 Å². The topological polar surface area (TPSA) is 69.2 Å². The van der Waals surface area contributed by atoms with Crippen LogP contribution in [0.15, 0.2) is 0 Å². The fourth-order valence-corrected chi connectivity index (χ4v) is 2.51. The number of anilines is 1. The molecule has 0 saturated heterocycles. The van der Waals surface area contributed by atoms with Crippen LogP contribution in [0.1, 0.15) is 46.5 Å². The highest BCUT2D eigenvalue weighted by atomic mass is 16.5. The van der Waals surface area contributed by atoms with E-state index < -0.39 is 0 Å². The molecule has 21 heavy (non-hydrogen) atoms. The Balaban J connectivity index is 2.04. The lowest BCUT2D eigenvalue weighted by Crippen LogP contribution is -2.29. The van der Waals surface area contributed by atoms with E-state index in [1.807, 2.05) is 6.92 Å². The molecule has 1 N–H and O–H groups in total. The van der Waals surface area contributed by atoms with Gasteiger partial charge < -0.3 is 14.8 Å². The molecule has 3 atom stereocenters. The molecule has 2 rings (SSSR count). The number of hydrogen-bond acceptors (Lipinski definition) is 6. The van der Waals surface area contributed by atoms with Crippen molar-refractivity contribution in [1.82, 2.24) is 15.0 Å². The van der Waals surface area contributed by atoms with Gasteiger partial charge >= 0.3 is 12.0 Å². The van der Waals surface area contributed by atoms with Gasteiger partial charge in [0, 0.05) is 7.05 Å². The average molecular weight is 294 g/mol. The quantitative estimate of drug-likeness (QED) is 0.870. The zero-order valence-corrected chi connectivity index (χ0v) is 13.4. The smallest absolute Gasteiger partial charge is 0.324 e. The summed E-state index contributed by atoms with van der Waals surface area (Å²) >= 11 is 0. The van der Waals surface area contributed by atoms with E-state index >= 15 is 0 Å². The van der Waals surface area contributed by atoms with E-state index in [4.69, 9.17) is 9.47 Å². The van der Waals surface area contributed by atoms with Crippen LogP contribution in [0.2, 0.25) is 0 Å². The Morgan fingerprint density at radius 2 is 1.86 bits per heavy atom. The summed E-state index contributed by atoms with van der Waals surface area (Å²) in [6, 6.07) is 0.677. The molecular weight excluding hydrogens is 268 g/mol. The van der Waals surface area contributed by atoms with Crippen molar-refractivity contribution in [3.05, 3.63) is 0 Å². The minimum atomic E-state index is 0.183. The summed E-state index contributed by atoms with van der Waals surface area (Å²) < 4.78 is 11.4. The molecule has 0 aromatic carbocycles. The molecule has 1 fully saturated rings. The van der Waals surface area contributed by atoms with Crippen LogP contribution in [0.4, 0.5) is 5.95 Å². The highest BCUT2D eigenvalue weighted by Crippen LogP contribution is 2.31. The first kappa shape index (κ1) is 15.8. The van der Waals surface area contributed by atoms with Crippen LogP contribution in [-0.2, 0) is 0 Å². The lowest BCUT2D eigenvalue weighted by Gasteiger charge is -2.31. The summed E-state index contributed by atoms with van der Waals surface area (Å²) in [7, 11) is 1.77. The van der Waals surface area contributed by atoms with Gasteiger partial charge in [-0.15, -0.1) is 4.98 Å². The summed E-state index contributed by atoms with van der Waals surface area (Å²) in [6.45, 7) is 7.22. The molecule has 0 amide bonds. The highest BCUT2D eigenvalue weighted by molar-refractivity contribution is 5.26. The second kappa shape index (κ2) is 7.43. The third kappa shape index (κ3) is 4.44. The van der Waals surface area contributed by atoms with Crippen LogP contribution in [0.25, 0.3) is 0 Å². The second-order valence-electron chi connectivity index (χ2n) is 5.83. The van der Waals surface area contributed by atoms with Gasteiger partial charge in [0.1, 0.15) is 6.10 Å². The van der Waals surface area contributed by atoms with E-state index in [0.717, 1.165) is 25.2 Å². The molecule has 6 heteroatoms. The van der Waals surface area contributed by atoms with Crippen molar-refractivity contribution in [2.24, 2.45) is 11.8 Å². The molecule has 1 aromatic rings. The molecule has 1 heterocycles. The summed E-state index contributed by atoms with van der Waals surface area (Å²) in [6.07, 6.45) is 4.38. The Hall–Kier alpha value is -1.59. The van der Waals surface area contributed by atoms with Crippen LogP contribution in [-0.4, -0.2) is 34.7 Å². The Bertz CT molecular complexity index is 455. The zero-order chi connectivity index (χ0) is 15.2. The maximum Gasteiger partial charge on any atom is 0.324 e. The number of rotatable bonds is 6. The molecule has 1 aliphatic rings. The lowest BCUT2D eigenvalue weighted by atomic mass is 9.80. The van der Waals surface area contributed by atoms with Gasteiger partial charge in [0.15, 0.2) is 0 Å². The van der Waals surface area contributed by atoms with Crippen LogP contribution in [0, 0.1) is 11.8 Å². The number of aromatic nitrogens is 3. The molecule has 6 nitrogen and oxygen atoms in total. The summed E-state index contributed by atoms with van der Waals surface area (Å²) in [4.78, 5) is 12.7. The maximum atomic E-state index is 5.95. The molecule has 3 unspecified atom stereocenters. The van der Waals surface area contributed by atoms with Crippen molar-refractivity contribution in [2.75, 3.05) is 19.0 Å². The Kier molecular flexibility index (Phi) is 5.59. The maximum absolute atomic E-state index is 5.95. The lowest BCUT2D eigenvalue weighted by molar-refractivity contribution is 0.0906. The molecule has 0 radical (unpaired) electrons. The van der Waals surface area contributed by atoms with Crippen LogP contribution < -0.4 is 14.8 Å². The zero-order valence-electron chi connectivity index (χ0n) is 13.4. The monoisotopic (exact) mass is 294 g/mol. The summed E-state index contributed by atoms with van der Waals surface area (Å²) in [5, 5.41) is 2.92. The Labute approximate surface area is 126 Å². The normalized spacial score (nSPS) is 25.4. The van der Waals surface area contributed by atoms with Crippen molar-refractivity contribution in [2.45, 2.75) is 52.6 Å². The minimum absolute atomic E-state index is 0.183. The first-order valence-electron chi connectivity index (χ1n) is 7.85. The third-order valence-electron chi connectivity index (χ3n) is 4.08. The van der Waals surface area contributed by atoms with Crippen molar-refractivity contribution < 1.29 is 9.47 Å². The first-order chi connectivity index (χ1) is 10.1. The molecule has 0 bridgehead atoms.